The van der Waals surface area contributed by atoms with Crippen LogP contribution in [0, 0.1) is 0 Å². The standard InChI is InChI=1S/C30H33NO7/c1-4-36-30(33)28-23(10-11-25(34-2)29(28)35-3)24(32)16-22-18-27-26(37-19-38-27)17-21(22)13-15-31-14-12-20-8-6-5-7-9-20/h5-11,17-18,31H,4,12-16,19H2,1-3H3. The van der Waals surface area contributed by atoms with Crippen LogP contribution in [0.3, 0.4) is 0 Å². The molecule has 200 valence electrons. The van der Waals surface area contributed by atoms with Gasteiger partial charge in [0, 0.05) is 12.0 Å². The van der Waals surface area contributed by atoms with Gasteiger partial charge in [-0.3, -0.25) is 4.79 Å². The molecule has 38 heavy (non-hydrogen) atoms. The molecule has 0 atom stereocenters. The summed E-state index contributed by atoms with van der Waals surface area (Å²) in [6, 6.07) is 17.3. The second kappa shape index (κ2) is 13.0. The van der Waals surface area contributed by atoms with Crippen molar-refractivity contribution in [3.05, 3.63) is 82.4 Å². The monoisotopic (exact) mass is 519 g/mol. The Morgan fingerprint density at radius 2 is 1.61 bits per heavy atom. The highest BCUT2D eigenvalue weighted by molar-refractivity contribution is 6.09. The van der Waals surface area contributed by atoms with Crippen molar-refractivity contribution >= 4 is 11.8 Å². The Labute approximate surface area is 222 Å². The maximum Gasteiger partial charge on any atom is 0.342 e. The van der Waals surface area contributed by atoms with E-state index >= 15 is 0 Å². The molecule has 0 saturated heterocycles. The van der Waals surface area contributed by atoms with Crippen LogP contribution >= 0.6 is 0 Å². The van der Waals surface area contributed by atoms with Crippen LogP contribution in [0.4, 0.5) is 0 Å². The lowest BCUT2D eigenvalue weighted by Crippen LogP contribution is -2.21. The smallest absolute Gasteiger partial charge is 0.342 e. The molecule has 0 spiro atoms. The summed E-state index contributed by atoms with van der Waals surface area (Å²) in [6.45, 7) is 3.59. The fourth-order valence-corrected chi connectivity index (χ4v) is 4.48. The van der Waals surface area contributed by atoms with Gasteiger partial charge < -0.3 is 29.0 Å². The number of hydrogen-bond donors (Lipinski definition) is 1. The van der Waals surface area contributed by atoms with Crippen LogP contribution < -0.4 is 24.3 Å². The number of ether oxygens (including phenoxy) is 5. The first kappa shape index (κ1) is 27.0. The molecule has 1 aliphatic heterocycles. The third-order valence-corrected chi connectivity index (χ3v) is 6.38. The Morgan fingerprint density at radius 3 is 2.29 bits per heavy atom. The number of fused-ring (bicyclic) bond motifs is 1. The predicted octanol–water partition coefficient (Wildman–Crippen LogP) is 4.41. The Kier molecular flexibility index (Phi) is 9.21. The average molecular weight is 520 g/mol. The molecular formula is C30H33NO7. The number of carbonyl (C=O) groups is 2. The van der Waals surface area contributed by atoms with Crippen LogP contribution in [0.25, 0.3) is 0 Å². The van der Waals surface area contributed by atoms with E-state index in [9.17, 15) is 9.59 Å². The number of ketones is 1. The van der Waals surface area contributed by atoms with E-state index in [2.05, 4.69) is 17.4 Å². The van der Waals surface area contributed by atoms with Crippen LogP contribution in [0.2, 0.25) is 0 Å². The molecule has 4 rings (SSSR count). The molecule has 8 nitrogen and oxygen atoms in total. The first-order valence-electron chi connectivity index (χ1n) is 12.7. The van der Waals surface area contributed by atoms with Gasteiger partial charge in [-0.25, -0.2) is 4.79 Å². The van der Waals surface area contributed by atoms with Crippen molar-refractivity contribution in [1.82, 2.24) is 5.32 Å². The number of Topliss-reactive ketones (excluding diaryl/α,β-unsaturated/α-hetero) is 1. The molecule has 3 aromatic carbocycles. The van der Waals surface area contributed by atoms with E-state index in [1.54, 1.807) is 19.1 Å². The fraction of sp³-hybridized carbons (Fsp3) is 0.333. The van der Waals surface area contributed by atoms with Crippen LogP contribution in [-0.4, -0.2) is 52.5 Å². The van der Waals surface area contributed by atoms with E-state index in [1.165, 1.54) is 19.8 Å². The van der Waals surface area contributed by atoms with E-state index in [0.717, 1.165) is 30.6 Å². The van der Waals surface area contributed by atoms with E-state index in [0.29, 0.717) is 23.7 Å². The van der Waals surface area contributed by atoms with Gasteiger partial charge >= 0.3 is 5.97 Å². The molecule has 3 aromatic rings. The summed E-state index contributed by atoms with van der Waals surface area (Å²) in [4.78, 5) is 26.4. The van der Waals surface area contributed by atoms with Crippen molar-refractivity contribution in [1.29, 1.82) is 0 Å². The third kappa shape index (κ3) is 6.26. The highest BCUT2D eigenvalue weighted by atomic mass is 16.7. The number of rotatable bonds is 13. The number of carbonyl (C=O) groups excluding carboxylic acids is 2. The van der Waals surface area contributed by atoms with Gasteiger partial charge in [0.05, 0.1) is 20.8 Å². The van der Waals surface area contributed by atoms with Crippen LogP contribution in [-0.2, 0) is 24.0 Å². The van der Waals surface area contributed by atoms with Gasteiger partial charge in [-0.15, -0.1) is 0 Å². The molecule has 0 bridgehead atoms. The summed E-state index contributed by atoms with van der Waals surface area (Å²) in [7, 11) is 2.90. The minimum atomic E-state index is -0.639. The number of nitrogens with one attached hydrogen (secondary N) is 1. The molecular weight excluding hydrogens is 486 g/mol. The number of esters is 1. The van der Waals surface area contributed by atoms with Crippen molar-refractivity contribution in [2.75, 3.05) is 40.7 Å². The van der Waals surface area contributed by atoms with Gasteiger partial charge in [0.1, 0.15) is 5.56 Å². The summed E-state index contributed by atoms with van der Waals surface area (Å²) in [5.74, 6) is 0.902. The molecule has 0 saturated carbocycles. The Hall–Kier alpha value is -4.04. The highest BCUT2D eigenvalue weighted by Gasteiger charge is 2.27. The minimum Gasteiger partial charge on any atom is -0.493 e. The summed E-state index contributed by atoms with van der Waals surface area (Å²) in [5, 5.41) is 3.48. The normalized spacial score (nSPS) is 11.8. The van der Waals surface area contributed by atoms with Crippen LogP contribution in [0.15, 0.2) is 54.6 Å². The largest absolute Gasteiger partial charge is 0.493 e. The lowest BCUT2D eigenvalue weighted by atomic mass is 9.93. The van der Waals surface area contributed by atoms with E-state index < -0.39 is 5.97 Å². The maximum atomic E-state index is 13.6. The Morgan fingerprint density at radius 1 is 0.895 bits per heavy atom. The average Bonchev–Trinajstić information content (AvgIpc) is 3.39. The molecule has 8 heteroatoms. The van der Waals surface area contributed by atoms with Gasteiger partial charge in [-0.05, 0) is 73.8 Å². The van der Waals surface area contributed by atoms with Crippen LogP contribution in [0.5, 0.6) is 23.0 Å². The zero-order chi connectivity index (χ0) is 26.9. The zero-order valence-electron chi connectivity index (χ0n) is 22.0. The molecule has 1 heterocycles. The Bertz CT molecular complexity index is 1270. The van der Waals surface area contributed by atoms with Crippen molar-refractivity contribution < 1.29 is 33.3 Å². The zero-order valence-corrected chi connectivity index (χ0v) is 22.0. The van der Waals surface area contributed by atoms with Gasteiger partial charge in [0.15, 0.2) is 28.8 Å². The van der Waals surface area contributed by atoms with Crippen molar-refractivity contribution in [3.8, 4) is 23.0 Å². The van der Waals surface area contributed by atoms with Gasteiger partial charge in [-0.1, -0.05) is 30.3 Å². The first-order chi connectivity index (χ1) is 18.5. The lowest BCUT2D eigenvalue weighted by molar-refractivity contribution is 0.0518. The van der Waals surface area contributed by atoms with Crippen molar-refractivity contribution in [3.63, 3.8) is 0 Å². The Balaban J connectivity index is 1.54. The minimum absolute atomic E-state index is 0.0589. The molecule has 0 unspecified atom stereocenters. The second-order valence-corrected chi connectivity index (χ2v) is 8.75. The second-order valence-electron chi connectivity index (χ2n) is 8.75. The molecule has 0 radical (unpaired) electrons. The van der Waals surface area contributed by atoms with Gasteiger partial charge in [0.2, 0.25) is 6.79 Å². The van der Waals surface area contributed by atoms with Crippen molar-refractivity contribution in [2.24, 2.45) is 0 Å². The quantitative estimate of drug-likeness (QED) is 0.202. The number of methoxy groups -OCH3 is 2. The molecule has 1 N–H and O–H groups in total. The summed E-state index contributed by atoms with van der Waals surface area (Å²) in [6.07, 6.45) is 1.70. The fourth-order valence-electron chi connectivity index (χ4n) is 4.48. The molecule has 1 aliphatic rings. The summed E-state index contributed by atoms with van der Waals surface area (Å²) < 4.78 is 27.2. The first-order valence-corrected chi connectivity index (χ1v) is 12.7. The number of hydrogen-bond acceptors (Lipinski definition) is 8. The van der Waals surface area contributed by atoms with E-state index in [1.807, 2.05) is 30.3 Å². The predicted molar refractivity (Wildman–Crippen MR) is 143 cm³/mol. The summed E-state index contributed by atoms with van der Waals surface area (Å²) >= 11 is 0. The SMILES string of the molecule is CCOC(=O)c1c(C(=O)Cc2cc3c(cc2CCNCCc2ccccc2)OCO3)ccc(OC)c1OC. The molecule has 0 fully saturated rings. The van der Waals surface area contributed by atoms with Crippen LogP contribution in [0.1, 0.15) is 44.3 Å². The summed E-state index contributed by atoms with van der Waals surface area (Å²) in [5.41, 5.74) is 3.35. The number of benzene rings is 3. The van der Waals surface area contributed by atoms with Gasteiger partial charge in [0.25, 0.3) is 0 Å². The molecule has 0 aliphatic carbocycles. The highest BCUT2D eigenvalue weighted by Crippen LogP contribution is 2.37. The van der Waals surface area contributed by atoms with E-state index in [4.69, 9.17) is 23.7 Å². The maximum absolute atomic E-state index is 13.6. The van der Waals surface area contributed by atoms with Gasteiger partial charge in [-0.2, -0.15) is 0 Å². The van der Waals surface area contributed by atoms with E-state index in [-0.39, 0.29) is 42.5 Å². The molecule has 0 aromatic heterocycles. The lowest BCUT2D eigenvalue weighted by Gasteiger charge is -2.16. The van der Waals surface area contributed by atoms with Crippen molar-refractivity contribution in [2.45, 2.75) is 26.2 Å². The molecule has 0 amide bonds. The topological polar surface area (TPSA) is 92.3 Å². The third-order valence-electron chi connectivity index (χ3n) is 6.38.